The molecule has 0 aromatic heterocycles. The Kier molecular flexibility index (Phi) is 6.51. The number of halogens is 3. The van der Waals surface area contributed by atoms with Crippen LogP contribution in [0.4, 0.5) is 8.78 Å². The van der Waals surface area contributed by atoms with Gasteiger partial charge in [0.15, 0.2) is 17.4 Å². The van der Waals surface area contributed by atoms with Crippen LogP contribution in [0.15, 0.2) is 18.2 Å². The summed E-state index contributed by atoms with van der Waals surface area (Å²) in [6.45, 7) is 0.186. The summed E-state index contributed by atoms with van der Waals surface area (Å²) in [5.41, 5.74) is 0. The quantitative estimate of drug-likeness (QED) is 0.545. The Balaban J connectivity index is 2.18. The molecule has 0 aliphatic heterocycles. The Labute approximate surface area is 115 Å². The van der Waals surface area contributed by atoms with Gasteiger partial charge < -0.3 is 4.74 Å². The summed E-state index contributed by atoms with van der Waals surface area (Å²) in [6.07, 6.45) is 2.45. The SMILES string of the molecule is O=S(=O)(Cl)CCCCCCOc1c(F)cccc1F. The lowest BCUT2D eigenvalue weighted by atomic mass is 10.2. The molecule has 1 aromatic rings. The van der Waals surface area contributed by atoms with Gasteiger partial charge >= 0.3 is 0 Å². The van der Waals surface area contributed by atoms with Gasteiger partial charge in [-0.25, -0.2) is 17.2 Å². The van der Waals surface area contributed by atoms with E-state index in [4.69, 9.17) is 15.4 Å². The average Bonchev–Trinajstić information content (AvgIpc) is 2.29. The zero-order valence-corrected chi connectivity index (χ0v) is 11.8. The minimum Gasteiger partial charge on any atom is -0.488 e. The van der Waals surface area contributed by atoms with E-state index in [1.807, 2.05) is 0 Å². The predicted molar refractivity (Wildman–Crippen MR) is 70.0 cm³/mol. The molecule has 0 amide bonds. The van der Waals surface area contributed by atoms with Gasteiger partial charge in [-0.1, -0.05) is 18.9 Å². The highest BCUT2D eigenvalue weighted by molar-refractivity contribution is 8.13. The first kappa shape index (κ1) is 16.2. The van der Waals surface area contributed by atoms with E-state index in [-0.39, 0.29) is 18.1 Å². The van der Waals surface area contributed by atoms with Gasteiger partial charge in [-0.2, -0.15) is 0 Å². The molecule has 0 heterocycles. The van der Waals surface area contributed by atoms with Gasteiger partial charge in [0.25, 0.3) is 0 Å². The standard InChI is InChI=1S/C12H15ClF2O3S/c13-19(16,17)9-4-2-1-3-8-18-12-10(14)6-5-7-11(12)15/h5-7H,1-4,8-9H2. The first-order chi connectivity index (χ1) is 8.90. The van der Waals surface area contributed by atoms with Crippen molar-refractivity contribution in [1.82, 2.24) is 0 Å². The minimum atomic E-state index is -3.43. The Bertz CT molecular complexity index is 485. The fraction of sp³-hybridized carbons (Fsp3) is 0.500. The Morgan fingerprint density at radius 2 is 1.63 bits per heavy atom. The molecule has 7 heteroatoms. The zero-order chi connectivity index (χ0) is 14.3. The monoisotopic (exact) mass is 312 g/mol. The van der Waals surface area contributed by atoms with Crippen LogP contribution < -0.4 is 4.74 Å². The molecule has 0 radical (unpaired) electrons. The van der Waals surface area contributed by atoms with Crippen molar-refractivity contribution in [2.24, 2.45) is 0 Å². The van der Waals surface area contributed by atoms with Crippen molar-refractivity contribution in [2.75, 3.05) is 12.4 Å². The molecular weight excluding hydrogens is 298 g/mol. The van der Waals surface area contributed by atoms with Gasteiger partial charge in [-0.15, -0.1) is 0 Å². The van der Waals surface area contributed by atoms with E-state index in [1.54, 1.807) is 0 Å². The van der Waals surface area contributed by atoms with Crippen LogP contribution in [0.1, 0.15) is 25.7 Å². The average molecular weight is 313 g/mol. The van der Waals surface area contributed by atoms with Gasteiger partial charge in [0, 0.05) is 10.7 Å². The lowest BCUT2D eigenvalue weighted by Gasteiger charge is -2.07. The van der Waals surface area contributed by atoms with Crippen molar-refractivity contribution in [2.45, 2.75) is 25.7 Å². The van der Waals surface area contributed by atoms with Crippen LogP contribution in [0.2, 0.25) is 0 Å². The second-order valence-corrected chi connectivity index (χ2v) is 6.95. The Hall–Kier alpha value is -0.880. The zero-order valence-electron chi connectivity index (χ0n) is 10.2. The number of rotatable bonds is 8. The summed E-state index contributed by atoms with van der Waals surface area (Å²) in [6, 6.07) is 3.53. The van der Waals surface area contributed by atoms with Crippen LogP contribution >= 0.6 is 10.7 Å². The van der Waals surface area contributed by atoms with Crippen molar-refractivity contribution in [3.63, 3.8) is 0 Å². The van der Waals surface area contributed by atoms with E-state index in [2.05, 4.69) is 0 Å². The van der Waals surface area contributed by atoms with Crippen molar-refractivity contribution in [3.8, 4) is 5.75 Å². The molecule has 0 saturated heterocycles. The van der Waals surface area contributed by atoms with E-state index in [0.29, 0.717) is 25.7 Å². The lowest BCUT2D eigenvalue weighted by molar-refractivity contribution is 0.275. The number of ether oxygens (including phenoxy) is 1. The molecule has 0 spiro atoms. The highest BCUT2D eigenvalue weighted by Crippen LogP contribution is 2.21. The fourth-order valence-corrected chi connectivity index (χ4v) is 2.40. The van der Waals surface area contributed by atoms with E-state index in [0.717, 1.165) is 12.1 Å². The largest absolute Gasteiger partial charge is 0.488 e. The molecule has 0 unspecified atom stereocenters. The lowest BCUT2D eigenvalue weighted by Crippen LogP contribution is -2.02. The van der Waals surface area contributed by atoms with Gasteiger partial charge in [-0.3, -0.25) is 0 Å². The smallest absolute Gasteiger partial charge is 0.232 e. The van der Waals surface area contributed by atoms with E-state index in [1.165, 1.54) is 6.07 Å². The van der Waals surface area contributed by atoms with E-state index in [9.17, 15) is 17.2 Å². The number of hydrogen-bond acceptors (Lipinski definition) is 3. The Morgan fingerprint density at radius 3 is 2.21 bits per heavy atom. The predicted octanol–water partition coefficient (Wildman–Crippen LogP) is 3.47. The fourth-order valence-electron chi connectivity index (χ4n) is 1.52. The topological polar surface area (TPSA) is 43.4 Å². The number of benzene rings is 1. The molecule has 0 aliphatic carbocycles. The molecule has 3 nitrogen and oxygen atoms in total. The van der Waals surface area contributed by atoms with E-state index < -0.39 is 20.7 Å². The van der Waals surface area contributed by atoms with Crippen LogP contribution in [-0.2, 0) is 9.05 Å². The van der Waals surface area contributed by atoms with Gasteiger partial charge in [0.05, 0.1) is 12.4 Å². The highest BCUT2D eigenvalue weighted by Gasteiger charge is 2.09. The third kappa shape index (κ3) is 6.73. The molecule has 0 N–H and O–H groups in total. The molecule has 0 aliphatic rings. The maximum Gasteiger partial charge on any atom is 0.232 e. The summed E-state index contributed by atoms with van der Waals surface area (Å²) >= 11 is 0. The second kappa shape index (κ2) is 7.65. The van der Waals surface area contributed by atoms with Gasteiger partial charge in [0.2, 0.25) is 9.05 Å². The first-order valence-electron chi connectivity index (χ1n) is 5.89. The van der Waals surface area contributed by atoms with Crippen LogP contribution in [0.25, 0.3) is 0 Å². The van der Waals surface area contributed by atoms with Crippen molar-refractivity contribution in [1.29, 1.82) is 0 Å². The van der Waals surface area contributed by atoms with Crippen LogP contribution in [0.5, 0.6) is 5.75 Å². The van der Waals surface area contributed by atoms with Crippen molar-refractivity contribution >= 4 is 19.7 Å². The van der Waals surface area contributed by atoms with Crippen molar-refractivity contribution in [3.05, 3.63) is 29.8 Å². The molecule has 0 atom stereocenters. The molecule has 0 bridgehead atoms. The number of para-hydroxylation sites is 1. The highest BCUT2D eigenvalue weighted by atomic mass is 35.7. The van der Waals surface area contributed by atoms with Crippen molar-refractivity contribution < 1.29 is 21.9 Å². The maximum atomic E-state index is 13.2. The molecule has 0 fully saturated rings. The van der Waals surface area contributed by atoms with Gasteiger partial charge in [0.1, 0.15) is 0 Å². The number of unbranched alkanes of at least 4 members (excludes halogenated alkanes) is 3. The summed E-state index contributed by atoms with van der Waals surface area (Å²) in [7, 11) is 1.62. The molecular formula is C12H15ClF2O3S. The minimum absolute atomic E-state index is 0.0582. The summed E-state index contributed by atoms with van der Waals surface area (Å²) in [5.74, 6) is -1.88. The molecule has 19 heavy (non-hydrogen) atoms. The molecule has 1 rings (SSSR count). The Morgan fingerprint density at radius 1 is 1.05 bits per heavy atom. The maximum absolute atomic E-state index is 13.2. The third-order valence-corrected chi connectivity index (χ3v) is 3.69. The van der Waals surface area contributed by atoms with Crippen LogP contribution in [0.3, 0.4) is 0 Å². The van der Waals surface area contributed by atoms with Crippen LogP contribution in [0, 0.1) is 11.6 Å². The number of hydrogen-bond donors (Lipinski definition) is 0. The molecule has 1 aromatic carbocycles. The third-order valence-electron chi connectivity index (χ3n) is 2.45. The second-order valence-electron chi connectivity index (χ2n) is 4.06. The first-order valence-corrected chi connectivity index (χ1v) is 8.37. The summed E-state index contributed by atoms with van der Waals surface area (Å²) < 4.78 is 52.6. The van der Waals surface area contributed by atoms with E-state index >= 15 is 0 Å². The summed E-state index contributed by atoms with van der Waals surface area (Å²) in [4.78, 5) is 0. The molecule has 0 saturated carbocycles. The van der Waals surface area contributed by atoms with Crippen LogP contribution in [-0.4, -0.2) is 20.8 Å². The van der Waals surface area contributed by atoms with Gasteiger partial charge in [-0.05, 0) is 25.0 Å². The molecule has 108 valence electrons. The summed E-state index contributed by atoms with van der Waals surface area (Å²) in [5, 5.41) is 0. The normalized spacial score (nSPS) is 11.5.